The second-order valence-electron chi connectivity index (χ2n) is 3.42. The second-order valence-corrected chi connectivity index (χ2v) is 3.42. The molecule has 2 N–H and O–H groups in total. The van der Waals surface area contributed by atoms with Gasteiger partial charge in [-0.15, -0.1) is 0 Å². The molecule has 1 aliphatic rings. The van der Waals surface area contributed by atoms with Gasteiger partial charge in [0.05, 0.1) is 6.54 Å². The Balaban J connectivity index is 2.31. The van der Waals surface area contributed by atoms with E-state index in [4.69, 9.17) is 5.11 Å². The molecule has 1 aliphatic heterocycles. The van der Waals surface area contributed by atoms with E-state index in [1.165, 1.54) is 0 Å². The number of fused-ring (bicyclic) bond motifs is 1. The Hall–Kier alpha value is -1.39. The van der Waals surface area contributed by atoms with Crippen molar-refractivity contribution in [1.29, 1.82) is 0 Å². The minimum atomic E-state index is -0.984. The molecule has 4 nitrogen and oxygen atoms in total. The van der Waals surface area contributed by atoms with Crippen molar-refractivity contribution in [3.63, 3.8) is 0 Å². The molecule has 1 aromatic rings. The van der Waals surface area contributed by atoms with Gasteiger partial charge in [-0.2, -0.15) is 5.06 Å². The van der Waals surface area contributed by atoms with Gasteiger partial charge in [-0.3, -0.25) is 4.79 Å². The van der Waals surface area contributed by atoms with E-state index in [-0.39, 0.29) is 6.54 Å². The molecule has 0 saturated heterocycles. The summed E-state index contributed by atoms with van der Waals surface area (Å²) in [4.78, 5) is 10.8. The molecule has 0 aromatic heterocycles. The number of carbonyl (C=O) groups is 1. The maximum Gasteiger partial charge on any atom is 0.323 e. The van der Waals surface area contributed by atoms with E-state index in [9.17, 15) is 10.0 Å². The summed E-state index contributed by atoms with van der Waals surface area (Å²) in [5.41, 5.74) is 2.00. The Morgan fingerprint density at radius 2 is 2.00 bits per heavy atom. The molecule has 0 bridgehead atoms. The molecule has 1 unspecified atom stereocenters. The Morgan fingerprint density at radius 3 is 2.64 bits per heavy atom. The van der Waals surface area contributed by atoms with Crippen molar-refractivity contribution in [2.45, 2.75) is 19.0 Å². The predicted molar refractivity (Wildman–Crippen MR) is 48.9 cm³/mol. The topological polar surface area (TPSA) is 60.8 Å². The van der Waals surface area contributed by atoms with Gasteiger partial charge in [-0.05, 0) is 11.1 Å². The fourth-order valence-corrected chi connectivity index (χ4v) is 1.72. The highest BCUT2D eigenvalue weighted by molar-refractivity contribution is 5.74. The number of nitrogens with zero attached hydrogens (tertiary/aromatic N) is 1. The van der Waals surface area contributed by atoms with Crippen LogP contribution in [0.2, 0.25) is 0 Å². The predicted octanol–water partition coefficient (Wildman–Crippen LogP) is 0.887. The van der Waals surface area contributed by atoms with Crippen molar-refractivity contribution in [1.82, 2.24) is 5.06 Å². The van der Waals surface area contributed by atoms with Crippen LogP contribution in [-0.2, 0) is 17.8 Å². The first-order valence-corrected chi connectivity index (χ1v) is 4.43. The van der Waals surface area contributed by atoms with Crippen LogP contribution in [0.4, 0.5) is 0 Å². The van der Waals surface area contributed by atoms with E-state index in [1.807, 2.05) is 24.3 Å². The fourth-order valence-electron chi connectivity index (χ4n) is 1.72. The number of carboxylic acids is 1. The molecule has 74 valence electrons. The van der Waals surface area contributed by atoms with Crippen LogP contribution in [0.3, 0.4) is 0 Å². The van der Waals surface area contributed by atoms with Gasteiger partial charge in [0.1, 0.15) is 6.04 Å². The van der Waals surface area contributed by atoms with Crippen LogP contribution < -0.4 is 0 Å². The van der Waals surface area contributed by atoms with Gasteiger partial charge < -0.3 is 10.3 Å². The summed E-state index contributed by atoms with van der Waals surface area (Å²) in [5.74, 6) is -0.984. The second kappa shape index (κ2) is 3.40. The first-order valence-electron chi connectivity index (χ1n) is 4.43. The van der Waals surface area contributed by atoms with Crippen LogP contribution in [0, 0.1) is 0 Å². The molecular formula is C10H11NO3. The van der Waals surface area contributed by atoms with Crippen LogP contribution in [0.15, 0.2) is 24.3 Å². The van der Waals surface area contributed by atoms with Gasteiger partial charge >= 0.3 is 5.97 Å². The molecule has 1 heterocycles. The highest BCUT2D eigenvalue weighted by Gasteiger charge is 2.29. The number of hydrogen-bond acceptors (Lipinski definition) is 3. The third-order valence-electron chi connectivity index (χ3n) is 2.51. The van der Waals surface area contributed by atoms with E-state index >= 15 is 0 Å². The minimum absolute atomic E-state index is 0.285. The number of aliphatic carboxylic acids is 1. The number of hydroxylamine groups is 2. The average Bonchev–Trinajstić information content (AvgIpc) is 2.16. The van der Waals surface area contributed by atoms with Crippen LogP contribution in [-0.4, -0.2) is 27.4 Å². The highest BCUT2D eigenvalue weighted by atomic mass is 16.5. The van der Waals surface area contributed by atoms with E-state index in [0.29, 0.717) is 6.42 Å². The van der Waals surface area contributed by atoms with Crippen molar-refractivity contribution in [3.8, 4) is 0 Å². The van der Waals surface area contributed by atoms with E-state index < -0.39 is 12.0 Å². The lowest BCUT2D eigenvalue weighted by atomic mass is 9.96. The SMILES string of the molecule is O=C(O)C1Cc2ccccc2CN1O. The standard InChI is InChI=1S/C10H11NO3/c12-10(13)9-5-7-3-1-2-4-8(7)6-11(9)14/h1-4,9,14H,5-6H2,(H,12,13). The van der Waals surface area contributed by atoms with Crippen molar-refractivity contribution in [3.05, 3.63) is 35.4 Å². The summed E-state index contributed by atoms with van der Waals surface area (Å²) < 4.78 is 0. The van der Waals surface area contributed by atoms with Gasteiger partial charge in [-0.1, -0.05) is 24.3 Å². The fraction of sp³-hybridized carbons (Fsp3) is 0.300. The van der Waals surface area contributed by atoms with Gasteiger partial charge in [0, 0.05) is 6.42 Å². The lowest BCUT2D eigenvalue weighted by molar-refractivity contribution is -0.175. The molecule has 4 heteroatoms. The lowest BCUT2D eigenvalue weighted by Gasteiger charge is -2.29. The zero-order valence-corrected chi connectivity index (χ0v) is 7.55. The molecule has 0 amide bonds. The number of carboxylic acid groups (broad SMARTS) is 1. The zero-order valence-electron chi connectivity index (χ0n) is 7.55. The molecule has 0 saturated carbocycles. The van der Waals surface area contributed by atoms with Gasteiger partial charge in [0.25, 0.3) is 0 Å². The third-order valence-corrected chi connectivity index (χ3v) is 2.51. The van der Waals surface area contributed by atoms with E-state index in [1.54, 1.807) is 0 Å². The third kappa shape index (κ3) is 1.49. The summed E-state index contributed by atoms with van der Waals surface area (Å²) >= 11 is 0. The molecular weight excluding hydrogens is 182 g/mol. The summed E-state index contributed by atoms with van der Waals surface area (Å²) in [5, 5.41) is 19.2. The Kier molecular flexibility index (Phi) is 2.23. The van der Waals surface area contributed by atoms with Gasteiger partial charge in [-0.25, -0.2) is 0 Å². The van der Waals surface area contributed by atoms with Crippen LogP contribution in [0.5, 0.6) is 0 Å². The Morgan fingerprint density at radius 1 is 1.36 bits per heavy atom. The average molecular weight is 193 g/mol. The van der Waals surface area contributed by atoms with Crippen LogP contribution in [0.1, 0.15) is 11.1 Å². The molecule has 2 rings (SSSR count). The maximum atomic E-state index is 10.8. The molecule has 0 spiro atoms. The molecule has 0 fully saturated rings. The largest absolute Gasteiger partial charge is 0.480 e. The molecule has 1 atom stereocenters. The maximum absolute atomic E-state index is 10.8. The quantitative estimate of drug-likeness (QED) is 0.695. The summed E-state index contributed by atoms with van der Waals surface area (Å²) in [6.45, 7) is 0.285. The summed E-state index contributed by atoms with van der Waals surface area (Å²) in [6.07, 6.45) is 0.363. The van der Waals surface area contributed by atoms with E-state index in [2.05, 4.69) is 0 Å². The van der Waals surface area contributed by atoms with Crippen LogP contribution >= 0.6 is 0 Å². The molecule has 14 heavy (non-hydrogen) atoms. The number of hydrogen-bond donors (Lipinski definition) is 2. The smallest absolute Gasteiger partial charge is 0.323 e. The minimum Gasteiger partial charge on any atom is -0.480 e. The lowest BCUT2D eigenvalue weighted by Crippen LogP contribution is -2.43. The number of benzene rings is 1. The first kappa shape index (κ1) is 9.18. The Bertz CT molecular complexity index is 364. The summed E-state index contributed by atoms with van der Waals surface area (Å²) in [7, 11) is 0. The highest BCUT2D eigenvalue weighted by Crippen LogP contribution is 2.21. The van der Waals surface area contributed by atoms with Gasteiger partial charge in [0.15, 0.2) is 0 Å². The van der Waals surface area contributed by atoms with Gasteiger partial charge in [0.2, 0.25) is 0 Å². The normalized spacial score (nSPS) is 21.6. The molecule has 0 radical (unpaired) electrons. The van der Waals surface area contributed by atoms with Crippen molar-refractivity contribution < 1.29 is 15.1 Å². The summed E-state index contributed by atoms with van der Waals surface area (Å²) in [6, 6.07) is 6.75. The molecule has 0 aliphatic carbocycles. The van der Waals surface area contributed by atoms with E-state index in [0.717, 1.165) is 16.2 Å². The monoisotopic (exact) mass is 193 g/mol. The Labute approximate surface area is 81.3 Å². The van der Waals surface area contributed by atoms with Crippen molar-refractivity contribution in [2.75, 3.05) is 0 Å². The number of rotatable bonds is 1. The van der Waals surface area contributed by atoms with Crippen molar-refractivity contribution in [2.24, 2.45) is 0 Å². The van der Waals surface area contributed by atoms with Crippen molar-refractivity contribution >= 4 is 5.97 Å². The molecule has 1 aromatic carbocycles. The zero-order chi connectivity index (χ0) is 10.1. The van der Waals surface area contributed by atoms with Crippen LogP contribution in [0.25, 0.3) is 0 Å². The first-order chi connectivity index (χ1) is 6.68.